The molecule has 1 aromatic carbocycles. The molecule has 0 aliphatic carbocycles. The van der Waals surface area contributed by atoms with Crippen molar-refractivity contribution in [3.8, 4) is 11.5 Å². The smallest absolute Gasteiger partial charge is 0.338 e. The number of methoxy groups -OCH3 is 2. The predicted octanol–water partition coefficient (Wildman–Crippen LogP) is 3.94. The minimum atomic E-state index is -0.595. The fraction of sp³-hybridized carbons (Fsp3) is 0.308. The van der Waals surface area contributed by atoms with Gasteiger partial charge in [-0.2, -0.15) is 0 Å². The minimum absolute atomic E-state index is 0.100. The number of allylic oxidation sites excluding steroid dienone is 1. The Hall–Kier alpha value is -3.79. The summed E-state index contributed by atoms with van der Waals surface area (Å²) >= 11 is 1.41. The van der Waals surface area contributed by atoms with Gasteiger partial charge in [-0.3, -0.25) is 9.78 Å². The lowest BCUT2D eigenvalue weighted by molar-refractivity contribution is -0.139. The zero-order chi connectivity index (χ0) is 25.7. The molecule has 0 spiro atoms. The Labute approximate surface area is 214 Å². The summed E-state index contributed by atoms with van der Waals surface area (Å²) in [5.74, 6) is 0.542. The van der Waals surface area contributed by atoms with Crippen LogP contribution in [0.2, 0.25) is 0 Å². The summed E-state index contributed by atoms with van der Waals surface area (Å²) in [6, 6.07) is 10.4. The highest BCUT2D eigenvalue weighted by Crippen LogP contribution is 2.47. The molecule has 1 atom stereocenters. The van der Waals surface area contributed by atoms with E-state index in [1.165, 1.54) is 11.8 Å². The maximum Gasteiger partial charge on any atom is 0.338 e. The van der Waals surface area contributed by atoms with Crippen LogP contribution in [-0.4, -0.2) is 47.8 Å². The molecule has 9 nitrogen and oxygen atoms in total. The Morgan fingerprint density at radius 3 is 2.69 bits per heavy atom. The van der Waals surface area contributed by atoms with Crippen LogP contribution in [0.3, 0.4) is 0 Å². The summed E-state index contributed by atoms with van der Waals surface area (Å²) in [7, 11) is 3.15. The fourth-order valence-electron chi connectivity index (χ4n) is 4.10. The van der Waals surface area contributed by atoms with Gasteiger partial charge < -0.3 is 24.4 Å². The van der Waals surface area contributed by atoms with Crippen molar-refractivity contribution in [3.63, 3.8) is 0 Å². The molecule has 1 amide bonds. The number of aliphatic imine (C=N–C) groups is 1. The molecular weight excluding hydrogens is 480 g/mol. The second-order valence-corrected chi connectivity index (χ2v) is 8.83. The highest BCUT2D eigenvalue weighted by molar-refractivity contribution is 8.16. The van der Waals surface area contributed by atoms with E-state index in [9.17, 15) is 9.59 Å². The van der Waals surface area contributed by atoms with E-state index in [4.69, 9.17) is 14.2 Å². The van der Waals surface area contributed by atoms with E-state index in [-0.39, 0.29) is 18.9 Å². The molecule has 0 saturated heterocycles. The monoisotopic (exact) mass is 508 g/mol. The number of fused-ring (bicyclic) bond motifs is 1. The Morgan fingerprint density at radius 1 is 1.17 bits per heavy atom. The summed E-state index contributed by atoms with van der Waals surface area (Å²) in [4.78, 5) is 36.8. The van der Waals surface area contributed by atoms with Crippen molar-refractivity contribution < 1.29 is 23.8 Å². The number of amidine groups is 1. The van der Waals surface area contributed by atoms with Crippen LogP contribution in [0.5, 0.6) is 11.5 Å². The number of amides is 1. The maximum absolute atomic E-state index is 13.1. The van der Waals surface area contributed by atoms with E-state index in [1.807, 2.05) is 40.6 Å². The Bertz CT molecular complexity index is 1240. The standard InChI is InChI=1S/C26H28N4O5S/c1-5-35-25(32)23-16(2)29-26-30(24(23)20-10-9-19(33-3)13-21(20)34-4)18(15-36-26)12-22(31)28-14-17-8-6-7-11-27-17/h6-11,13,15,24H,5,12,14H2,1-4H3,(H,28,31)/t24-/m0/s1. The number of hydrogen-bond donors (Lipinski definition) is 1. The number of benzene rings is 1. The molecule has 10 heteroatoms. The maximum atomic E-state index is 13.1. The molecule has 2 aromatic rings. The molecule has 2 aliphatic rings. The SMILES string of the molecule is CCOC(=O)C1=C(C)N=C2SC=C(CC(=O)NCc3ccccn3)N2[C@H]1c1ccc(OC)cc1OC. The summed E-state index contributed by atoms with van der Waals surface area (Å²) < 4.78 is 16.4. The van der Waals surface area contributed by atoms with Crippen LogP contribution < -0.4 is 14.8 Å². The largest absolute Gasteiger partial charge is 0.497 e. The number of rotatable bonds is 9. The normalized spacial score (nSPS) is 16.7. The molecule has 1 N–H and O–H groups in total. The molecule has 188 valence electrons. The van der Waals surface area contributed by atoms with Crippen LogP contribution in [-0.2, 0) is 20.9 Å². The lowest BCUT2D eigenvalue weighted by Gasteiger charge is -2.36. The van der Waals surface area contributed by atoms with Crippen molar-refractivity contribution in [1.29, 1.82) is 0 Å². The first-order chi connectivity index (χ1) is 17.5. The number of pyridine rings is 1. The van der Waals surface area contributed by atoms with Crippen LogP contribution in [0.4, 0.5) is 0 Å². The number of nitrogens with one attached hydrogen (secondary N) is 1. The summed E-state index contributed by atoms with van der Waals surface area (Å²) in [6.45, 7) is 4.10. The lowest BCUT2D eigenvalue weighted by Crippen LogP contribution is -2.38. The van der Waals surface area contributed by atoms with Crippen LogP contribution >= 0.6 is 11.8 Å². The van der Waals surface area contributed by atoms with Gasteiger partial charge in [0.05, 0.1) is 56.8 Å². The molecule has 0 radical (unpaired) electrons. The summed E-state index contributed by atoms with van der Waals surface area (Å²) in [6.07, 6.45) is 1.79. The highest BCUT2D eigenvalue weighted by atomic mass is 32.2. The third-order valence-electron chi connectivity index (χ3n) is 5.77. The Balaban J connectivity index is 1.67. The van der Waals surface area contributed by atoms with E-state index < -0.39 is 12.0 Å². The van der Waals surface area contributed by atoms with Gasteiger partial charge in [0.1, 0.15) is 11.5 Å². The van der Waals surface area contributed by atoms with E-state index in [1.54, 1.807) is 40.3 Å². The van der Waals surface area contributed by atoms with E-state index in [2.05, 4.69) is 15.3 Å². The number of hydrogen-bond acceptors (Lipinski definition) is 9. The van der Waals surface area contributed by atoms with E-state index >= 15 is 0 Å². The van der Waals surface area contributed by atoms with Gasteiger partial charge in [-0.1, -0.05) is 17.8 Å². The number of nitrogens with zero attached hydrogens (tertiary/aromatic N) is 3. The van der Waals surface area contributed by atoms with Crippen molar-refractivity contribution in [3.05, 3.63) is 76.2 Å². The first-order valence-electron chi connectivity index (χ1n) is 11.5. The first-order valence-corrected chi connectivity index (χ1v) is 12.3. The van der Waals surface area contributed by atoms with Crippen molar-refractivity contribution in [2.24, 2.45) is 4.99 Å². The second kappa shape index (κ2) is 11.3. The molecule has 4 rings (SSSR count). The molecule has 0 unspecified atom stereocenters. The number of ether oxygens (including phenoxy) is 3. The van der Waals surface area contributed by atoms with Gasteiger partial charge in [0.2, 0.25) is 5.91 Å². The van der Waals surface area contributed by atoms with E-state index in [0.717, 1.165) is 17.0 Å². The van der Waals surface area contributed by atoms with Gasteiger partial charge in [-0.25, -0.2) is 9.79 Å². The molecule has 0 saturated carbocycles. The highest BCUT2D eigenvalue weighted by Gasteiger charge is 2.42. The third-order valence-corrected chi connectivity index (χ3v) is 6.65. The molecule has 1 aromatic heterocycles. The molecule has 2 aliphatic heterocycles. The fourth-order valence-corrected chi connectivity index (χ4v) is 5.06. The third kappa shape index (κ3) is 5.23. The Morgan fingerprint density at radius 2 is 2.00 bits per heavy atom. The first kappa shape index (κ1) is 25.3. The van der Waals surface area contributed by atoms with Gasteiger partial charge >= 0.3 is 5.97 Å². The number of carbonyl (C=O) groups excluding carboxylic acids is 2. The predicted molar refractivity (Wildman–Crippen MR) is 137 cm³/mol. The second-order valence-electron chi connectivity index (χ2n) is 8.00. The van der Waals surface area contributed by atoms with Crippen molar-refractivity contribution in [2.45, 2.75) is 32.9 Å². The molecule has 3 heterocycles. The molecule has 36 heavy (non-hydrogen) atoms. The zero-order valence-electron chi connectivity index (χ0n) is 20.6. The van der Waals surface area contributed by atoms with Gasteiger partial charge in [-0.05, 0) is 43.5 Å². The summed E-state index contributed by atoms with van der Waals surface area (Å²) in [5.41, 5.74) is 3.17. The topological polar surface area (TPSA) is 102 Å². The summed E-state index contributed by atoms with van der Waals surface area (Å²) in [5, 5.41) is 5.48. The van der Waals surface area contributed by atoms with E-state index in [0.29, 0.717) is 34.5 Å². The van der Waals surface area contributed by atoms with Crippen molar-refractivity contribution in [1.82, 2.24) is 15.2 Å². The van der Waals surface area contributed by atoms with Gasteiger partial charge in [0, 0.05) is 23.5 Å². The molecule has 0 fully saturated rings. The van der Waals surface area contributed by atoms with Crippen LogP contribution in [0.1, 0.15) is 37.6 Å². The van der Waals surface area contributed by atoms with Crippen LogP contribution in [0, 0.1) is 0 Å². The molecular formula is C26H28N4O5S. The number of esters is 1. The zero-order valence-corrected chi connectivity index (χ0v) is 21.4. The van der Waals surface area contributed by atoms with Crippen LogP contribution in [0.25, 0.3) is 0 Å². The number of aromatic nitrogens is 1. The van der Waals surface area contributed by atoms with Crippen molar-refractivity contribution in [2.75, 3.05) is 20.8 Å². The van der Waals surface area contributed by atoms with Gasteiger partial charge in [0.15, 0.2) is 5.17 Å². The van der Waals surface area contributed by atoms with Gasteiger partial charge in [0.25, 0.3) is 0 Å². The average Bonchev–Trinajstić information content (AvgIpc) is 3.28. The molecule has 0 bridgehead atoms. The van der Waals surface area contributed by atoms with Crippen LogP contribution in [0.15, 0.2) is 70.0 Å². The number of carbonyl (C=O) groups is 2. The van der Waals surface area contributed by atoms with Gasteiger partial charge in [-0.15, -0.1) is 0 Å². The number of thioether (sulfide) groups is 1. The van der Waals surface area contributed by atoms with Crippen molar-refractivity contribution >= 4 is 28.8 Å². The lowest BCUT2D eigenvalue weighted by atomic mass is 9.93. The average molecular weight is 509 g/mol. The quantitative estimate of drug-likeness (QED) is 0.508. The minimum Gasteiger partial charge on any atom is -0.497 e. The Kier molecular flexibility index (Phi) is 7.94.